The molecule has 7 nitrogen and oxygen atoms in total. The van der Waals surface area contributed by atoms with Crippen LogP contribution in [0.3, 0.4) is 0 Å². The molecule has 2 saturated heterocycles. The smallest absolute Gasteiger partial charge is 0.245 e. The second kappa shape index (κ2) is 8.45. The first kappa shape index (κ1) is 20.5. The van der Waals surface area contributed by atoms with Gasteiger partial charge in [-0.1, -0.05) is 24.8 Å². The molecule has 0 radical (unpaired) electrons. The van der Waals surface area contributed by atoms with E-state index >= 15 is 0 Å². The summed E-state index contributed by atoms with van der Waals surface area (Å²) >= 11 is 0. The number of nitrogens with zero attached hydrogens (tertiary/aromatic N) is 3. The summed E-state index contributed by atoms with van der Waals surface area (Å²) in [7, 11) is -3.56. The lowest BCUT2D eigenvalue weighted by molar-refractivity contribution is -0.140. The Labute approximate surface area is 166 Å². The number of hydrogen-bond donors (Lipinski definition) is 0. The number of sulfonamides is 1. The highest BCUT2D eigenvalue weighted by atomic mass is 32.2. The Hall–Kier alpha value is -2.19. The number of carbonyl (C=O) groups excluding carboxylic acids is 2. The predicted molar refractivity (Wildman–Crippen MR) is 106 cm³/mol. The third-order valence-electron chi connectivity index (χ3n) is 5.52. The average Bonchev–Trinajstić information content (AvgIpc) is 2.73. The van der Waals surface area contributed by atoms with Gasteiger partial charge in [0.15, 0.2) is 0 Å². The molecule has 2 heterocycles. The summed E-state index contributed by atoms with van der Waals surface area (Å²) in [5.41, 5.74) is 0.718. The van der Waals surface area contributed by atoms with Crippen LogP contribution in [0, 0.1) is 12.8 Å². The number of likely N-dealkylation sites (tertiary alicyclic amines) is 1. The van der Waals surface area contributed by atoms with Gasteiger partial charge >= 0.3 is 0 Å². The molecule has 0 N–H and O–H groups in total. The Kier molecular flexibility index (Phi) is 6.20. The largest absolute Gasteiger partial charge is 0.340 e. The summed E-state index contributed by atoms with van der Waals surface area (Å²) in [4.78, 5) is 28.4. The second-order valence-corrected chi connectivity index (χ2v) is 9.23. The summed E-state index contributed by atoms with van der Waals surface area (Å²) in [5, 5.41) is 0. The molecule has 2 aliphatic heterocycles. The van der Waals surface area contributed by atoms with E-state index in [0.717, 1.165) is 18.4 Å². The zero-order valence-corrected chi connectivity index (χ0v) is 17.0. The Morgan fingerprint density at radius 1 is 1.07 bits per heavy atom. The van der Waals surface area contributed by atoms with E-state index in [1.165, 1.54) is 10.4 Å². The summed E-state index contributed by atoms with van der Waals surface area (Å²) in [6.07, 6.45) is 2.82. The molecule has 0 spiro atoms. The number of rotatable bonds is 4. The van der Waals surface area contributed by atoms with Crippen molar-refractivity contribution in [3.8, 4) is 0 Å². The van der Waals surface area contributed by atoms with Gasteiger partial charge in [0.05, 0.1) is 10.8 Å². The number of carbonyl (C=O) groups is 2. The Morgan fingerprint density at radius 2 is 1.75 bits per heavy atom. The van der Waals surface area contributed by atoms with Crippen molar-refractivity contribution in [3.63, 3.8) is 0 Å². The number of amides is 2. The van der Waals surface area contributed by atoms with Gasteiger partial charge in [-0.15, -0.1) is 0 Å². The normalized spacial score (nSPS) is 21.4. The van der Waals surface area contributed by atoms with Crippen LogP contribution in [0.15, 0.2) is 41.8 Å². The van der Waals surface area contributed by atoms with E-state index < -0.39 is 10.0 Å². The van der Waals surface area contributed by atoms with E-state index in [1.54, 1.807) is 34.9 Å². The van der Waals surface area contributed by atoms with Crippen LogP contribution in [0.1, 0.15) is 18.4 Å². The van der Waals surface area contributed by atoms with Crippen LogP contribution in [0.4, 0.5) is 0 Å². The number of aryl methyl sites for hydroxylation is 1. The van der Waals surface area contributed by atoms with Gasteiger partial charge in [0.25, 0.3) is 0 Å². The molecule has 2 fully saturated rings. The zero-order chi connectivity index (χ0) is 20.3. The van der Waals surface area contributed by atoms with Gasteiger partial charge in [-0.3, -0.25) is 9.59 Å². The van der Waals surface area contributed by atoms with E-state index in [0.29, 0.717) is 31.1 Å². The van der Waals surface area contributed by atoms with Crippen LogP contribution >= 0.6 is 0 Å². The molecule has 1 unspecified atom stereocenters. The molecule has 8 heteroatoms. The number of benzene rings is 1. The quantitative estimate of drug-likeness (QED) is 0.707. The first-order valence-electron chi connectivity index (χ1n) is 9.60. The maximum atomic E-state index is 12.9. The molecule has 28 heavy (non-hydrogen) atoms. The van der Waals surface area contributed by atoms with Gasteiger partial charge in [0, 0.05) is 39.3 Å². The number of piperidine rings is 1. The predicted octanol–water partition coefficient (Wildman–Crippen LogP) is 1.25. The first-order valence-corrected chi connectivity index (χ1v) is 11.0. The van der Waals surface area contributed by atoms with Crippen LogP contribution in [0.2, 0.25) is 0 Å². The lowest BCUT2D eigenvalue weighted by atomic mass is 9.96. The summed E-state index contributed by atoms with van der Waals surface area (Å²) in [6.45, 7) is 7.66. The van der Waals surface area contributed by atoms with Gasteiger partial charge in [0.1, 0.15) is 0 Å². The number of hydrogen-bond acceptors (Lipinski definition) is 4. The zero-order valence-electron chi connectivity index (χ0n) is 16.2. The van der Waals surface area contributed by atoms with Gasteiger partial charge in [-0.2, -0.15) is 4.31 Å². The minimum atomic E-state index is -3.56. The van der Waals surface area contributed by atoms with Gasteiger partial charge in [0.2, 0.25) is 21.8 Å². The van der Waals surface area contributed by atoms with Crippen molar-refractivity contribution in [3.05, 3.63) is 42.5 Å². The van der Waals surface area contributed by atoms with Crippen LogP contribution in [-0.4, -0.2) is 73.6 Å². The van der Waals surface area contributed by atoms with E-state index in [-0.39, 0.29) is 30.8 Å². The Morgan fingerprint density at radius 3 is 2.39 bits per heavy atom. The minimum Gasteiger partial charge on any atom is -0.340 e. The van der Waals surface area contributed by atoms with Crippen molar-refractivity contribution in [2.45, 2.75) is 24.7 Å². The van der Waals surface area contributed by atoms with E-state index in [1.807, 2.05) is 6.07 Å². The van der Waals surface area contributed by atoms with E-state index in [2.05, 4.69) is 6.58 Å². The standard InChI is InChI=1S/C20H27N3O4S/c1-3-19(24)22-10-6-8-17(15-22)20(25)21-11-13-23(14-12-21)28(26,27)18-9-5-4-7-16(18)2/h3-5,7,9,17H,1,6,8,10-15H2,2H3. The Bertz CT molecular complexity index is 860. The maximum absolute atomic E-state index is 12.9. The van der Waals surface area contributed by atoms with Crippen LogP contribution in [-0.2, 0) is 19.6 Å². The van der Waals surface area contributed by atoms with E-state index in [4.69, 9.17) is 0 Å². The molecule has 152 valence electrons. The highest BCUT2D eigenvalue weighted by Gasteiger charge is 2.35. The third-order valence-corrected chi connectivity index (χ3v) is 7.58. The lowest BCUT2D eigenvalue weighted by Gasteiger charge is -2.38. The fourth-order valence-corrected chi connectivity index (χ4v) is 5.55. The fraction of sp³-hybridized carbons (Fsp3) is 0.500. The molecule has 1 atom stereocenters. The first-order chi connectivity index (χ1) is 13.3. The van der Waals surface area contributed by atoms with Gasteiger partial charge in [-0.05, 0) is 37.5 Å². The van der Waals surface area contributed by atoms with E-state index in [9.17, 15) is 18.0 Å². The van der Waals surface area contributed by atoms with Gasteiger partial charge < -0.3 is 9.80 Å². The molecular formula is C20H27N3O4S. The molecule has 1 aromatic rings. The van der Waals surface area contributed by atoms with Crippen LogP contribution in [0.5, 0.6) is 0 Å². The SMILES string of the molecule is C=CC(=O)N1CCCC(C(=O)N2CCN(S(=O)(=O)c3ccccc3C)CC2)C1. The summed E-state index contributed by atoms with van der Waals surface area (Å²) < 4.78 is 27.3. The highest BCUT2D eigenvalue weighted by Crippen LogP contribution is 2.23. The highest BCUT2D eigenvalue weighted by molar-refractivity contribution is 7.89. The molecule has 0 aromatic heterocycles. The van der Waals surface area contributed by atoms with Crippen LogP contribution in [0.25, 0.3) is 0 Å². The van der Waals surface area contributed by atoms with Crippen molar-refractivity contribution in [1.29, 1.82) is 0 Å². The van der Waals surface area contributed by atoms with Crippen molar-refractivity contribution < 1.29 is 18.0 Å². The van der Waals surface area contributed by atoms with Crippen LogP contribution < -0.4 is 0 Å². The Balaban J connectivity index is 1.62. The topological polar surface area (TPSA) is 78.0 Å². The molecule has 2 aliphatic rings. The molecule has 2 amide bonds. The monoisotopic (exact) mass is 405 g/mol. The summed E-state index contributed by atoms with van der Waals surface area (Å²) in [6, 6.07) is 6.94. The fourth-order valence-electron chi connectivity index (χ4n) is 3.90. The van der Waals surface area contributed by atoms with Crippen molar-refractivity contribution in [2.75, 3.05) is 39.3 Å². The van der Waals surface area contributed by atoms with Crippen molar-refractivity contribution >= 4 is 21.8 Å². The lowest BCUT2D eigenvalue weighted by Crippen LogP contribution is -2.54. The van der Waals surface area contributed by atoms with Crippen molar-refractivity contribution in [1.82, 2.24) is 14.1 Å². The number of piperazine rings is 1. The molecule has 0 saturated carbocycles. The molecule has 1 aromatic carbocycles. The summed E-state index contributed by atoms with van der Waals surface area (Å²) in [5.74, 6) is -0.363. The third kappa shape index (κ3) is 4.12. The molecule has 0 bridgehead atoms. The van der Waals surface area contributed by atoms with Gasteiger partial charge in [-0.25, -0.2) is 8.42 Å². The minimum absolute atomic E-state index is 0.00880. The average molecular weight is 406 g/mol. The molecular weight excluding hydrogens is 378 g/mol. The van der Waals surface area contributed by atoms with Crippen molar-refractivity contribution in [2.24, 2.45) is 5.92 Å². The second-order valence-electron chi connectivity index (χ2n) is 7.32. The molecule has 0 aliphatic carbocycles. The maximum Gasteiger partial charge on any atom is 0.245 e. The molecule has 3 rings (SSSR count).